The molecule has 5 heteroatoms. The zero-order valence-electron chi connectivity index (χ0n) is 15.1. The van der Waals surface area contributed by atoms with Crippen molar-refractivity contribution in [3.05, 3.63) is 58.9 Å². The number of carbonyl (C=O) groups is 2. The van der Waals surface area contributed by atoms with Crippen molar-refractivity contribution in [1.82, 2.24) is 14.8 Å². The number of rotatable bonds is 3. The molecule has 2 heterocycles. The van der Waals surface area contributed by atoms with Gasteiger partial charge in [-0.25, -0.2) is 0 Å². The molecule has 1 aromatic heterocycles. The van der Waals surface area contributed by atoms with Crippen LogP contribution in [0.25, 0.3) is 0 Å². The van der Waals surface area contributed by atoms with Crippen molar-refractivity contribution < 1.29 is 9.59 Å². The molecule has 0 saturated carbocycles. The Hall–Kier alpha value is -2.56. The molecule has 2 aromatic rings. The Morgan fingerprint density at radius 3 is 2.60 bits per heavy atom. The van der Waals surface area contributed by atoms with Gasteiger partial charge in [-0.1, -0.05) is 30.3 Å². The summed E-state index contributed by atoms with van der Waals surface area (Å²) in [7, 11) is 0. The molecule has 5 nitrogen and oxygen atoms in total. The second-order valence-corrected chi connectivity index (χ2v) is 6.51. The van der Waals surface area contributed by atoms with Gasteiger partial charge in [0.15, 0.2) is 0 Å². The Bertz CT molecular complexity index is 780. The molecule has 0 unspecified atom stereocenters. The summed E-state index contributed by atoms with van der Waals surface area (Å²) in [4.78, 5) is 27.3. The summed E-state index contributed by atoms with van der Waals surface area (Å²) in [5, 5.41) is 2.88. The van der Waals surface area contributed by atoms with E-state index in [1.165, 1.54) is 0 Å². The fourth-order valence-electron chi connectivity index (χ4n) is 3.70. The van der Waals surface area contributed by atoms with E-state index in [2.05, 4.69) is 16.8 Å². The first-order valence-corrected chi connectivity index (χ1v) is 8.82. The number of hydrogen-bond donors (Lipinski definition) is 1. The Morgan fingerprint density at radius 1 is 1.24 bits per heavy atom. The molecule has 1 N–H and O–H groups in total. The lowest BCUT2D eigenvalue weighted by Gasteiger charge is -2.29. The molecule has 3 rings (SSSR count). The van der Waals surface area contributed by atoms with Crippen LogP contribution >= 0.6 is 0 Å². The normalized spacial score (nSPS) is 18.0. The Labute approximate surface area is 148 Å². The van der Waals surface area contributed by atoms with Crippen LogP contribution in [0.2, 0.25) is 0 Å². The number of amides is 2. The molecule has 1 saturated heterocycles. The van der Waals surface area contributed by atoms with E-state index >= 15 is 0 Å². The number of nitrogens with one attached hydrogen (secondary N) is 1. The highest BCUT2D eigenvalue weighted by Crippen LogP contribution is 2.28. The van der Waals surface area contributed by atoms with Gasteiger partial charge in [0.25, 0.3) is 5.91 Å². The number of hydrogen-bond acceptors (Lipinski definition) is 2. The molecule has 1 aliphatic heterocycles. The Balaban J connectivity index is 1.99. The van der Waals surface area contributed by atoms with Crippen LogP contribution in [0.4, 0.5) is 0 Å². The predicted molar refractivity (Wildman–Crippen MR) is 97.4 cm³/mol. The molecule has 2 amide bonds. The van der Waals surface area contributed by atoms with Crippen molar-refractivity contribution in [1.29, 1.82) is 0 Å². The van der Waals surface area contributed by atoms with Crippen LogP contribution in [-0.4, -0.2) is 34.4 Å². The minimum Gasteiger partial charge on any atom is -0.354 e. The average Bonchev–Trinajstić information content (AvgIpc) is 2.78. The summed E-state index contributed by atoms with van der Waals surface area (Å²) in [6, 6.07) is 11.5. The van der Waals surface area contributed by atoms with E-state index in [-0.39, 0.29) is 17.9 Å². The van der Waals surface area contributed by atoms with E-state index in [0.717, 1.165) is 29.1 Å². The molecule has 1 fully saturated rings. The number of benzene rings is 1. The predicted octanol–water partition coefficient (Wildman–Crippen LogP) is 2.83. The second kappa shape index (κ2) is 7.13. The Kier molecular flexibility index (Phi) is 4.93. The van der Waals surface area contributed by atoms with E-state index in [0.29, 0.717) is 19.5 Å². The number of aromatic nitrogens is 1. The maximum absolute atomic E-state index is 13.3. The molecular formula is C20H25N3O2. The minimum absolute atomic E-state index is 0.00171. The summed E-state index contributed by atoms with van der Waals surface area (Å²) in [5.41, 5.74) is 3.80. The monoisotopic (exact) mass is 339 g/mol. The molecule has 1 aliphatic rings. The number of nitrogens with zero attached hydrogens (tertiary/aromatic N) is 2. The lowest BCUT2D eigenvalue weighted by Crippen LogP contribution is -2.36. The molecule has 25 heavy (non-hydrogen) atoms. The van der Waals surface area contributed by atoms with Crippen molar-refractivity contribution >= 4 is 11.8 Å². The second-order valence-electron chi connectivity index (χ2n) is 6.51. The number of aryl methyl sites for hydroxylation is 1. The van der Waals surface area contributed by atoms with E-state index in [4.69, 9.17) is 0 Å². The van der Waals surface area contributed by atoms with Crippen molar-refractivity contribution in [3.63, 3.8) is 0 Å². The van der Waals surface area contributed by atoms with Crippen molar-refractivity contribution in [2.24, 2.45) is 0 Å². The third kappa shape index (κ3) is 3.31. The van der Waals surface area contributed by atoms with E-state index in [1.807, 2.05) is 55.1 Å². The van der Waals surface area contributed by atoms with Crippen LogP contribution in [0.5, 0.6) is 0 Å². The summed E-state index contributed by atoms with van der Waals surface area (Å²) in [6.07, 6.45) is 0.294. The molecule has 132 valence electrons. The largest absolute Gasteiger partial charge is 0.354 e. The summed E-state index contributed by atoms with van der Waals surface area (Å²) in [5.74, 6) is -0.0127. The minimum atomic E-state index is -0.235. The van der Waals surface area contributed by atoms with Crippen LogP contribution in [0.15, 0.2) is 36.4 Å². The van der Waals surface area contributed by atoms with Gasteiger partial charge >= 0.3 is 0 Å². The topological polar surface area (TPSA) is 54.3 Å². The summed E-state index contributed by atoms with van der Waals surface area (Å²) in [6.45, 7) is 7.93. The molecule has 0 aliphatic carbocycles. The highest BCUT2D eigenvalue weighted by molar-refractivity contribution is 5.96. The van der Waals surface area contributed by atoms with Crippen LogP contribution < -0.4 is 5.32 Å². The SMILES string of the molecule is CCn1c(C)cc(C(=O)N2CCNC(=O)C[C@@H]2c2ccccc2)c1C. The highest BCUT2D eigenvalue weighted by atomic mass is 16.2. The van der Waals surface area contributed by atoms with Crippen LogP contribution in [0, 0.1) is 13.8 Å². The molecule has 1 aromatic carbocycles. The molecule has 1 atom stereocenters. The summed E-state index contributed by atoms with van der Waals surface area (Å²) >= 11 is 0. The molecule has 0 radical (unpaired) electrons. The summed E-state index contributed by atoms with van der Waals surface area (Å²) < 4.78 is 2.14. The third-order valence-electron chi connectivity index (χ3n) is 5.00. The van der Waals surface area contributed by atoms with Crippen LogP contribution in [0.3, 0.4) is 0 Å². The Morgan fingerprint density at radius 2 is 1.96 bits per heavy atom. The molecule has 0 spiro atoms. The van der Waals surface area contributed by atoms with Gasteiger partial charge in [-0.3, -0.25) is 9.59 Å². The molecule has 0 bridgehead atoms. The fourth-order valence-corrected chi connectivity index (χ4v) is 3.70. The van der Waals surface area contributed by atoms with Crippen LogP contribution in [0.1, 0.15) is 46.7 Å². The van der Waals surface area contributed by atoms with Gasteiger partial charge in [0.05, 0.1) is 18.0 Å². The lowest BCUT2D eigenvalue weighted by atomic mass is 10.0. The quantitative estimate of drug-likeness (QED) is 0.935. The van der Waals surface area contributed by atoms with E-state index < -0.39 is 0 Å². The lowest BCUT2D eigenvalue weighted by molar-refractivity contribution is -0.121. The fraction of sp³-hybridized carbons (Fsp3) is 0.400. The first-order chi connectivity index (χ1) is 12.0. The van der Waals surface area contributed by atoms with Gasteiger partial charge in [0, 0.05) is 31.0 Å². The average molecular weight is 339 g/mol. The first-order valence-electron chi connectivity index (χ1n) is 8.82. The van der Waals surface area contributed by atoms with Gasteiger partial charge in [-0.05, 0) is 32.4 Å². The third-order valence-corrected chi connectivity index (χ3v) is 5.00. The van der Waals surface area contributed by atoms with Crippen molar-refractivity contribution in [3.8, 4) is 0 Å². The van der Waals surface area contributed by atoms with Gasteiger partial charge in [0.1, 0.15) is 0 Å². The van der Waals surface area contributed by atoms with Gasteiger partial charge in [-0.15, -0.1) is 0 Å². The van der Waals surface area contributed by atoms with Gasteiger partial charge in [0.2, 0.25) is 5.91 Å². The molecular weight excluding hydrogens is 314 g/mol. The van der Waals surface area contributed by atoms with E-state index in [1.54, 1.807) is 0 Å². The maximum Gasteiger partial charge on any atom is 0.256 e. The zero-order valence-corrected chi connectivity index (χ0v) is 15.1. The van der Waals surface area contributed by atoms with Crippen molar-refractivity contribution in [2.45, 2.75) is 39.8 Å². The first kappa shape index (κ1) is 17.3. The van der Waals surface area contributed by atoms with Gasteiger partial charge in [-0.2, -0.15) is 0 Å². The standard InChI is InChI=1S/C20H25N3O2/c1-4-22-14(2)12-17(15(22)3)20(25)23-11-10-21-19(24)13-18(23)16-8-6-5-7-9-16/h5-9,12,18H,4,10-11,13H2,1-3H3,(H,21,24)/t18-/m1/s1. The van der Waals surface area contributed by atoms with Crippen LogP contribution in [-0.2, 0) is 11.3 Å². The zero-order chi connectivity index (χ0) is 18.0. The maximum atomic E-state index is 13.3. The number of carbonyl (C=O) groups excluding carboxylic acids is 2. The smallest absolute Gasteiger partial charge is 0.256 e. The van der Waals surface area contributed by atoms with E-state index in [9.17, 15) is 9.59 Å². The van der Waals surface area contributed by atoms with Crippen molar-refractivity contribution in [2.75, 3.05) is 13.1 Å². The van der Waals surface area contributed by atoms with Gasteiger partial charge < -0.3 is 14.8 Å². The highest BCUT2D eigenvalue weighted by Gasteiger charge is 2.31.